The Morgan fingerprint density at radius 2 is 2.38 bits per heavy atom. The Labute approximate surface area is 58.1 Å². The zero-order valence-corrected chi connectivity index (χ0v) is 5.76. The summed E-state index contributed by atoms with van der Waals surface area (Å²) in [7, 11) is 0. The highest BCUT2D eigenvalue weighted by molar-refractivity contribution is 7.14. The molecule has 0 saturated carbocycles. The smallest absolute Gasteiger partial charge is 0.102 e. The van der Waals surface area contributed by atoms with Crippen LogP contribution in [0.5, 0.6) is 0 Å². The van der Waals surface area contributed by atoms with Crippen molar-refractivity contribution in [1.82, 2.24) is 0 Å². The van der Waals surface area contributed by atoms with E-state index in [0.717, 1.165) is 5.00 Å². The number of nitrogens with one attached hydrogen (secondary N) is 1. The van der Waals surface area contributed by atoms with Crippen LogP contribution in [0.1, 0.15) is 0 Å². The average molecular weight is 151 g/mol. The van der Waals surface area contributed by atoms with Gasteiger partial charge in [0.15, 0.2) is 0 Å². The third kappa shape index (κ3) is 1.69. The van der Waals surface area contributed by atoms with Crippen LogP contribution in [0.25, 0.3) is 0 Å². The molecule has 0 aliphatic rings. The fourth-order valence-electron chi connectivity index (χ4n) is 0.361. The first-order valence-corrected chi connectivity index (χ1v) is 2.81. The minimum absolute atomic E-state index is 0. The Morgan fingerprint density at radius 1 is 1.62 bits per heavy atom. The molecule has 2 nitrogen and oxygen atoms in total. The van der Waals surface area contributed by atoms with Gasteiger partial charge in [0.2, 0.25) is 0 Å². The molecule has 0 bridgehead atoms. The molecule has 1 rings (SSSR count). The van der Waals surface area contributed by atoms with Crippen LogP contribution < -0.4 is 11.3 Å². The summed E-state index contributed by atoms with van der Waals surface area (Å²) in [6, 6.07) is 3.87. The molecule has 0 fully saturated rings. The summed E-state index contributed by atoms with van der Waals surface area (Å²) < 4.78 is 0. The maximum absolute atomic E-state index is 5.05. The second-order valence-electron chi connectivity index (χ2n) is 1.12. The molecule has 8 heavy (non-hydrogen) atoms. The van der Waals surface area contributed by atoms with Crippen molar-refractivity contribution in [3.63, 3.8) is 0 Å². The van der Waals surface area contributed by atoms with Gasteiger partial charge in [-0.05, 0) is 17.5 Å². The molecule has 0 aliphatic carbocycles. The van der Waals surface area contributed by atoms with E-state index in [4.69, 9.17) is 5.84 Å². The normalized spacial score (nSPS) is 7.62. The standard InChI is InChI=1S/C4H6N2S.ClH/c5-6-4-2-1-3-7-4;/h1-3,6H,5H2;1H. The average Bonchev–Trinajstić information content (AvgIpc) is 2.14. The van der Waals surface area contributed by atoms with Gasteiger partial charge in [-0.25, -0.2) is 5.84 Å². The van der Waals surface area contributed by atoms with Gasteiger partial charge in [0.05, 0.1) is 0 Å². The predicted octanol–water partition coefficient (Wildman–Crippen LogP) is 1.46. The fourth-order valence-corrected chi connectivity index (χ4v) is 0.890. The molecule has 46 valence electrons. The molecular formula is C4H7ClN2S. The van der Waals surface area contributed by atoms with Crippen molar-refractivity contribution < 1.29 is 0 Å². The second-order valence-corrected chi connectivity index (χ2v) is 2.07. The summed E-state index contributed by atoms with van der Waals surface area (Å²) in [6.45, 7) is 0. The van der Waals surface area contributed by atoms with Gasteiger partial charge < -0.3 is 5.43 Å². The van der Waals surface area contributed by atoms with Crippen molar-refractivity contribution in [2.75, 3.05) is 5.43 Å². The van der Waals surface area contributed by atoms with Crippen LogP contribution in [0.2, 0.25) is 0 Å². The van der Waals surface area contributed by atoms with Crippen LogP contribution in [-0.4, -0.2) is 0 Å². The molecular weight excluding hydrogens is 144 g/mol. The van der Waals surface area contributed by atoms with Gasteiger partial charge >= 0.3 is 0 Å². The van der Waals surface area contributed by atoms with Crippen molar-refractivity contribution >= 4 is 28.7 Å². The number of nitrogen functional groups attached to an aromatic ring is 1. The van der Waals surface area contributed by atoms with Crippen LogP contribution >= 0.6 is 23.7 Å². The van der Waals surface area contributed by atoms with Crippen molar-refractivity contribution in [3.05, 3.63) is 17.5 Å². The maximum Gasteiger partial charge on any atom is 0.102 e. The lowest BCUT2D eigenvalue weighted by Gasteiger charge is -1.86. The molecule has 1 heterocycles. The quantitative estimate of drug-likeness (QED) is 0.470. The summed E-state index contributed by atoms with van der Waals surface area (Å²) >= 11 is 1.59. The van der Waals surface area contributed by atoms with E-state index in [2.05, 4.69) is 5.43 Å². The summed E-state index contributed by atoms with van der Waals surface area (Å²) in [5.74, 6) is 5.05. The highest BCUT2D eigenvalue weighted by atomic mass is 35.5. The third-order valence-corrected chi connectivity index (χ3v) is 1.46. The van der Waals surface area contributed by atoms with Crippen molar-refractivity contribution in [3.8, 4) is 0 Å². The molecule has 0 amide bonds. The number of rotatable bonds is 1. The first kappa shape index (κ1) is 7.75. The minimum atomic E-state index is 0. The van der Waals surface area contributed by atoms with E-state index in [1.54, 1.807) is 11.3 Å². The number of halogens is 1. The van der Waals surface area contributed by atoms with Gasteiger partial charge in [-0.2, -0.15) is 0 Å². The molecule has 0 saturated heterocycles. The molecule has 0 radical (unpaired) electrons. The number of hydrazine groups is 1. The molecule has 3 N–H and O–H groups in total. The Morgan fingerprint density at radius 3 is 2.62 bits per heavy atom. The molecule has 0 aliphatic heterocycles. The van der Waals surface area contributed by atoms with E-state index in [1.165, 1.54) is 0 Å². The lowest BCUT2D eigenvalue weighted by Crippen LogP contribution is -2.03. The van der Waals surface area contributed by atoms with Crippen LogP contribution in [-0.2, 0) is 0 Å². The van der Waals surface area contributed by atoms with E-state index < -0.39 is 0 Å². The largest absolute Gasteiger partial charge is 0.315 e. The zero-order chi connectivity index (χ0) is 5.11. The third-order valence-electron chi connectivity index (χ3n) is 0.663. The number of thiophene rings is 1. The Bertz CT molecular complexity index is 129. The lowest BCUT2D eigenvalue weighted by molar-refractivity contribution is 1.39. The van der Waals surface area contributed by atoms with Crippen molar-refractivity contribution in [1.29, 1.82) is 0 Å². The van der Waals surface area contributed by atoms with Crippen LogP contribution in [0.3, 0.4) is 0 Å². The van der Waals surface area contributed by atoms with Crippen LogP contribution in [0.4, 0.5) is 5.00 Å². The SMILES string of the molecule is Cl.NNc1cccs1. The van der Waals surface area contributed by atoms with Crippen molar-refractivity contribution in [2.24, 2.45) is 5.84 Å². The zero-order valence-electron chi connectivity index (χ0n) is 4.13. The van der Waals surface area contributed by atoms with Crippen LogP contribution in [0, 0.1) is 0 Å². The maximum atomic E-state index is 5.05. The molecule has 1 aromatic rings. The number of hydrogen-bond acceptors (Lipinski definition) is 3. The van der Waals surface area contributed by atoms with Gasteiger partial charge in [0.1, 0.15) is 5.00 Å². The molecule has 1 aromatic heterocycles. The summed E-state index contributed by atoms with van der Waals surface area (Å²) in [6.07, 6.45) is 0. The Hall–Kier alpha value is -0.250. The lowest BCUT2D eigenvalue weighted by atomic mass is 10.6. The number of anilines is 1. The highest BCUT2D eigenvalue weighted by Crippen LogP contribution is 2.11. The molecule has 0 aromatic carbocycles. The predicted molar refractivity (Wildman–Crippen MR) is 39.4 cm³/mol. The first-order chi connectivity index (χ1) is 3.43. The molecule has 0 spiro atoms. The van der Waals surface area contributed by atoms with E-state index >= 15 is 0 Å². The summed E-state index contributed by atoms with van der Waals surface area (Å²) in [5.41, 5.74) is 2.53. The molecule has 0 atom stereocenters. The summed E-state index contributed by atoms with van der Waals surface area (Å²) in [5, 5.41) is 2.97. The first-order valence-electron chi connectivity index (χ1n) is 1.93. The van der Waals surface area contributed by atoms with Gasteiger partial charge in [-0.3, -0.25) is 0 Å². The highest BCUT2D eigenvalue weighted by Gasteiger charge is 1.81. The van der Waals surface area contributed by atoms with Crippen molar-refractivity contribution in [2.45, 2.75) is 0 Å². The topological polar surface area (TPSA) is 38.0 Å². The second kappa shape index (κ2) is 3.72. The fraction of sp³-hybridized carbons (Fsp3) is 0. The van der Waals surface area contributed by atoms with Gasteiger partial charge in [0.25, 0.3) is 0 Å². The number of hydrogen-bond donors (Lipinski definition) is 2. The van der Waals surface area contributed by atoms with Gasteiger partial charge in [-0.1, -0.05) is 0 Å². The molecule has 4 heteroatoms. The summed E-state index contributed by atoms with van der Waals surface area (Å²) in [4.78, 5) is 0. The van der Waals surface area contributed by atoms with E-state index in [-0.39, 0.29) is 12.4 Å². The van der Waals surface area contributed by atoms with Crippen LogP contribution in [0.15, 0.2) is 17.5 Å². The Kier molecular flexibility index (Phi) is 3.60. The number of nitrogens with two attached hydrogens (primary N) is 1. The molecule has 0 unspecified atom stereocenters. The van der Waals surface area contributed by atoms with Gasteiger partial charge in [0, 0.05) is 0 Å². The monoisotopic (exact) mass is 150 g/mol. The van der Waals surface area contributed by atoms with E-state index in [9.17, 15) is 0 Å². The van der Waals surface area contributed by atoms with Gasteiger partial charge in [-0.15, -0.1) is 23.7 Å². The van der Waals surface area contributed by atoms with E-state index in [0.29, 0.717) is 0 Å². The minimum Gasteiger partial charge on any atom is -0.315 e. The Balaban J connectivity index is 0.000000490. The van der Waals surface area contributed by atoms with E-state index in [1.807, 2.05) is 17.5 Å².